The zero-order valence-corrected chi connectivity index (χ0v) is 12.0. The minimum Gasteiger partial charge on any atom is -0.481 e. The van der Waals surface area contributed by atoms with E-state index >= 15 is 0 Å². The van der Waals surface area contributed by atoms with Crippen LogP contribution in [0, 0.1) is 0 Å². The van der Waals surface area contributed by atoms with E-state index in [1.807, 2.05) is 31.2 Å². The third kappa shape index (κ3) is 3.17. The Morgan fingerprint density at radius 1 is 1.42 bits per heavy atom. The van der Waals surface area contributed by atoms with Gasteiger partial charge in [0.05, 0.1) is 5.69 Å². The van der Waals surface area contributed by atoms with E-state index in [0.29, 0.717) is 12.2 Å². The zero-order valence-electron chi connectivity index (χ0n) is 10.4. The van der Waals surface area contributed by atoms with E-state index in [1.165, 1.54) is 0 Å². The predicted molar refractivity (Wildman–Crippen MR) is 75.8 cm³/mol. The number of carbonyl (C=O) groups is 1. The number of aromatic nitrogens is 2. The Balaban J connectivity index is 2.42. The van der Waals surface area contributed by atoms with Crippen molar-refractivity contribution < 1.29 is 9.90 Å². The molecule has 0 saturated carbocycles. The van der Waals surface area contributed by atoms with E-state index in [9.17, 15) is 4.79 Å². The molecule has 0 bridgehead atoms. The van der Waals surface area contributed by atoms with Crippen LogP contribution in [0.3, 0.4) is 0 Å². The van der Waals surface area contributed by atoms with Crippen LogP contribution in [0.25, 0.3) is 11.3 Å². The molecule has 0 aliphatic rings. The number of benzene rings is 1. The highest BCUT2D eigenvalue weighted by Gasteiger charge is 2.20. The Bertz CT molecular complexity index is 602. The van der Waals surface area contributed by atoms with Crippen molar-refractivity contribution in [1.82, 2.24) is 9.97 Å². The molecule has 0 aliphatic heterocycles. The van der Waals surface area contributed by atoms with Gasteiger partial charge in [-0.25, -0.2) is 9.97 Å². The maximum absolute atomic E-state index is 11.1. The molecule has 0 radical (unpaired) electrons. The van der Waals surface area contributed by atoms with Crippen LogP contribution in [0.1, 0.15) is 25.1 Å². The van der Waals surface area contributed by atoms with Gasteiger partial charge in [-0.1, -0.05) is 35.0 Å². The molecule has 2 rings (SSSR count). The lowest BCUT2D eigenvalue weighted by molar-refractivity contribution is -0.139. The van der Waals surface area contributed by atoms with Crippen LogP contribution in [0.4, 0.5) is 0 Å². The highest BCUT2D eigenvalue weighted by molar-refractivity contribution is 9.10. The van der Waals surface area contributed by atoms with Gasteiger partial charge in [-0.05, 0) is 24.6 Å². The molecule has 5 heteroatoms. The first kappa shape index (κ1) is 13.7. The predicted octanol–water partition coefficient (Wildman–Crippen LogP) is 3.48. The molecule has 2 aromatic rings. The summed E-state index contributed by atoms with van der Waals surface area (Å²) >= 11 is 3.41. The van der Waals surface area contributed by atoms with E-state index < -0.39 is 11.9 Å². The second kappa shape index (κ2) is 5.93. The van der Waals surface area contributed by atoms with Gasteiger partial charge < -0.3 is 5.11 Å². The van der Waals surface area contributed by atoms with Gasteiger partial charge >= 0.3 is 5.97 Å². The van der Waals surface area contributed by atoms with E-state index in [-0.39, 0.29) is 0 Å². The van der Waals surface area contributed by atoms with Crippen molar-refractivity contribution in [3.8, 4) is 11.3 Å². The molecule has 98 valence electrons. The first-order valence-corrected chi connectivity index (χ1v) is 6.72. The van der Waals surface area contributed by atoms with Gasteiger partial charge in [0.1, 0.15) is 11.7 Å². The molecule has 0 spiro atoms. The van der Waals surface area contributed by atoms with E-state index in [2.05, 4.69) is 25.9 Å². The third-order valence-electron chi connectivity index (χ3n) is 2.81. The summed E-state index contributed by atoms with van der Waals surface area (Å²) in [6, 6.07) is 9.49. The van der Waals surface area contributed by atoms with E-state index in [0.717, 1.165) is 15.7 Å². The fraction of sp³-hybridized carbons (Fsp3) is 0.214. The molecule has 1 aromatic carbocycles. The molecule has 1 unspecified atom stereocenters. The van der Waals surface area contributed by atoms with E-state index in [4.69, 9.17) is 5.11 Å². The molecular formula is C14H13BrN2O2. The first-order chi connectivity index (χ1) is 9.11. The molecule has 4 nitrogen and oxygen atoms in total. The fourth-order valence-corrected chi connectivity index (χ4v) is 2.22. The topological polar surface area (TPSA) is 63.1 Å². The van der Waals surface area contributed by atoms with Crippen molar-refractivity contribution in [2.24, 2.45) is 0 Å². The minimum atomic E-state index is -0.895. The van der Waals surface area contributed by atoms with Gasteiger partial charge in [0.2, 0.25) is 0 Å². The monoisotopic (exact) mass is 320 g/mol. The summed E-state index contributed by atoms with van der Waals surface area (Å²) in [5.41, 5.74) is 1.66. The Labute approximate surface area is 119 Å². The van der Waals surface area contributed by atoms with Crippen LogP contribution >= 0.6 is 15.9 Å². The Hall–Kier alpha value is -1.75. The summed E-state index contributed by atoms with van der Waals surface area (Å²) in [7, 11) is 0. The average molecular weight is 321 g/mol. The Morgan fingerprint density at radius 2 is 2.21 bits per heavy atom. The van der Waals surface area contributed by atoms with Gasteiger partial charge in [0.15, 0.2) is 0 Å². The number of aliphatic carboxylic acids is 1. The number of nitrogens with zero attached hydrogens (tertiary/aromatic N) is 2. The van der Waals surface area contributed by atoms with Crippen LogP contribution in [0.15, 0.2) is 41.0 Å². The Kier molecular flexibility index (Phi) is 4.27. The number of halogens is 1. The fourth-order valence-electron chi connectivity index (χ4n) is 1.82. The van der Waals surface area contributed by atoms with Gasteiger partial charge in [-0.3, -0.25) is 4.79 Å². The summed E-state index contributed by atoms with van der Waals surface area (Å²) in [5.74, 6) is -1.20. The smallest absolute Gasteiger partial charge is 0.314 e. The van der Waals surface area contributed by atoms with Gasteiger partial charge in [0, 0.05) is 16.2 Å². The number of rotatable bonds is 4. The summed E-state index contributed by atoms with van der Waals surface area (Å²) in [6.07, 6.45) is 2.07. The van der Waals surface area contributed by atoms with Gasteiger partial charge in [-0.2, -0.15) is 0 Å². The number of hydrogen-bond acceptors (Lipinski definition) is 3. The quantitative estimate of drug-likeness (QED) is 0.936. The van der Waals surface area contributed by atoms with Gasteiger partial charge in [0.25, 0.3) is 0 Å². The maximum atomic E-state index is 11.1. The molecule has 1 atom stereocenters. The molecule has 0 saturated heterocycles. The highest BCUT2D eigenvalue weighted by atomic mass is 79.9. The SMILES string of the molecule is CCC(C(=O)O)c1nccc(-c2cccc(Br)c2)n1. The molecule has 1 heterocycles. The largest absolute Gasteiger partial charge is 0.481 e. The molecule has 1 N–H and O–H groups in total. The van der Waals surface area contributed by atoms with Crippen molar-refractivity contribution in [2.45, 2.75) is 19.3 Å². The zero-order chi connectivity index (χ0) is 13.8. The summed E-state index contributed by atoms with van der Waals surface area (Å²) in [6.45, 7) is 1.81. The lowest BCUT2D eigenvalue weighted by Gasteiger charge is -2.09. The standard InChI is InChI=1S/C14H13BrN2O2/c1-2-11(14(18)19)13-16-7-6-12(17-13)9-4-3-5-10(15)8-9/h3-8,11H,2H2,1H3,(H,18,19). The van der Waals surface area contributed by atoms with E-state index in [1.54, 1.807) is 12.3 Å². The lowest BCUT2D eigenvalue weighted by Crippen LogP contribution is -2.14. The second-order valence-electron chi connectivity index (χ2n) is 4.11. The summed E-state index contributed by atoms with van der Waals surface area (Å²) in [4.78, 5) is 19.6. The average Bonchev–Trinajstić information content (AvgIpc) is 2.39. The van der Waals surface area contributed by atoms with Crippen molar-refractivity contribution in [3.05, 3.63) is 46.8 Å². The van der Waals surface area contributed by atoms with Crippen LogP contribution in [-0.4, -0.2) is 21.0 Å². The maximum Gasteiger partial charge on any atom is 0.314 e. The third-order valence-corrected chi connectivity index (χ3v) is 3.31. The molecule has 1 aromatic heterocycles. The summed E-state index contributed by atoms with van der Waals surface area (Å²) < 4.78 is 0.954. The Morgan fingerprint density at radius 3 is 2.84 bits per heavy atom. The molecule has 19 heavy (non-hydrogen) atoms. The lowest BCUT2D eigenvalue weighted by atomic mass is 10.1. The van der Waals surface area contributed by atoms with Crippen molar-refractivity contribution >= 4 is 21.9 Å². The molecule has 0 fully saturated rings. The number of carboxylic acid groups (broad SMARTS) is 1. The second-order valence-corrected chi connectivity index (χ2v) is 5.03. The van der Waals surface area contributed by atoms with Crippen molar-refractivity contribution in [2.75, 3.05) is 0 Å². The van der Waals surface area contributed by atoms with Crippen molar-refractivity contribution in [3.63, 3.8) is 0 Å². The molecule has 0 aliphatic carbocycles. The number of hydrogen-bond donors (Lipinski definition) is 1. The van der Waals surface area contributed by atoms with Crippen LogP contribution in [0.2, 0.25) is 0 Å². The van der Waals surface area contributed by atoms with Crippen LogP contribution in [0.5, 0.6) is 0 Å². The van der Waals surface area contributed by atoms with Gasteiger partial charge in [-0.15, -0.1) is 0 Å². The minimum absolute atomic E-state index is 0.354. The highest BCUT2D eigenvalue weighted by Crippen LogP contribution is 2.23. The molecular weight excluding hydrogens is 308 g/mol. The van der Waals surface area contributed by atoms with Crippen LogP contribution < -0.4 is 0 Å². The first-order valence-electron chi connectivity index (χ1n) is 5.93. The summed E-state index contributed by atoms with van der Waals surface area (Å²) in [5, 5.41) is 9.14. The normalized spacial score (nSPS) is 12.1. The number of carboxylic acids is 1. The van der Waals surface area contributed by atoms with Crippen LogP contribution in [-0.2, 0) is 4.79 Å². The molecule has 0 amide bonds. The van der Waals surface area contributed by atoms with Crippen molar-refractivity contribution in [1.29, 1.82) is 0 Å².